The molecule has 0 fully saturated rings. The molecule has 0 aliphatic carbocycles. The number of nitrogens with two attached hydrogens (primary N) is 1. The highest BCUT2D eigenvalue weighted by Gasteiger charge is 2.31. The maximum absolute atomic E-state index is 12.5. The maximum atomic E-state index is 12.5. The van der Waals surface area contributed by atoms with Crippen molar-refractivity contribution in [2.75, 3.05) is 5.43 Å². The third-order valence-electron chi connectivity index (χ3n) is 5.32. The fourth-order valence-corrected chi connectivity index (χ4v) is 3.26. The topological polar surface area (TPSA) is 126 Å². The zero-order valence-corrected chi connectivity index (χ0v) is 21.0. The molecule has 1 aromatic heterocycles. The first kappa shape index (κ1) is 31.3. The van der Waals surface area contributed by atoms with Crippen molar-refractivity contribution in [1.82, 2.24) is 9.90 Å². The van der Waals surface area contributed by atoms with Gasteiger partial charge in [0.2, 0.25) is 16.9 Å². The first-order chi connectivity index (χ1) is 19.7. The molecule has 0 atom stereocenters. The number of aromatic nitrogens is 3. The van der Waals surface area contributed by atoms with Crippen molar-refractivity contribution >= 4 is 22.4 Å². The van der Waals surface area contributed by atoms with Crippen LogP contribution in [0.25, 0.3) is 16.7 Å². The number of nitrogen functional groups attached to an aromatic ring is 1. The van der Waals surface area contributed by atoms with E-state index < -0.39 is 39.9 Å². The minimum absolute atomic E-state index is 0.268. The molecule has 0 aliphatic heterocycles. The molecule has 0 spiro atoms. The number of rotatable bonds is 3. The molecule has 0 unspecified atom stereocenters. The molecular weight excluding hydrogens is 577 g/mol. The number of halogens is 7. The van der Waals surface area contributed by atoms with Crippen molar-refractivity contribution in [2.24, 2.45) is 5.84 Å². The van der Waals surface area contributed by atoms with Crippen molar-refractivity contribution < 1.29 is 40.5 Å². The van der Waals surface area contributed by atoms with Crippen LogP contribution in [0.2, 0.25) is 0 Å². The average Bonchev–Trinajstić information content (AvgIpc) is 3.29. The van der Waals surface area contributed by atoms with Crippen LogP contribution in [0.5, 0.6) is 0 Å². The summed E-state index contributed by atoms with van der Waals surface area (Å²) in [4.78, 5) is 10.8. The Labute approximate surface area is 231 Å². The van der Waals surface area contributed by atoms with Crippen LogP contribution in [0.15, 0.2) is 97.1 Å². The summed E-state index contributed by atoms with van der Waals surface area (Å²) in [6, 6.07) is 20.4. The molecule has 9 nitrogen and oxygen atoms in total. The third kappa shape index (κ3) is 7.91. The lowest BCUT2D eigenvalue weighted by atomic mass is 10.2. The summed E-state index contributed by atoms with van der Waals surface area (Å²) >= 11 is 0. The summed E-state index contributed by atoms with van der Waals surface area (Å²) in [6.45, 7) is 0. The molecule has 0 saturated carbocycles. The zero-order valence-electron chi connectivity index (χ0n) is 21.0. The van der Waals surface area contributed by atoms with Gasteiger partial charge >= 0.3 is 18.0 Å². The molecule has 42 heavy (non-hydrogen) atoms. The summed E-state index contributed by atoms with van der Waals surface area (Å²) in [5.74, 6) is 4.18. The zero-order chi connectivity index (χ0) is 31.1. The van der Waals surface area contributed by atoms with Crippen LogP contribution >= 0.6 is 0 Å². The van der Waals surface area contributed by atoms with Crippen LogP contribution in [0.4, 0.5) is 42.1 Å². The molecule has 16 heteroatoms. The Morgan fingerprint density at radius 3 is 1.74 bits per heavy atom. The lowest BCUT2D eigenvalue weighted by Crippen LogP contribution is -2.37. The van der Waals surface area contributed by atoms with Gasteiger partial charge in [-0.25, -0.2) is 0 Å². The highest BCUT2D eigenvalue weighted by atomic mass is 19.4. The summed E-state index contributed by atoms with van der Waals surface area (Å²) in [5, 5.41) is 26.1. The van der Waals surface area contributed by atoms with Gasteiger partial charge in [-0.3, -0.25) is 16.0 Å². The fraction of sp³-hybridized carbons (Fsp3) is 0.0769. The SMILES string of the molecule is NNc1ccc(C(F)(F)F)cc1.O=[N+]([O-])c1ccccc1F.[O-][n+]1c2ccccc2nn1-c1ccc(C(F)(F)F)cc1. The summed E-state index contributed by atoms with van der Waals surface area (Å²) < 4.78 is 85.8. The largest absolute Gasteiger partial charge is 0.692 e. The minimum Gasteiger partial charge on any atom is -0.692 e. The van der Waals surface area contributed by atoms with E-state index >= 15 is 0 Å². The molecule has 0 saturated heterocycles. The van der Waals surface area contributed by atoms with Crippen LogP contribution in [0.3, 0.4) is 0 Å². The second-order valence-corrected chi connectivity index (χ2v) is 8.12. The standard InChI is InChI=1S/C13H8F3N3O.C7H7F3N2.C6H4FNO2/c14-13(15,16)9-5-7-10(8-6-9)18-17-11-3-1-2-4-12(11)19(18)20;8-7(9,10)5-1-3-6(12-11)4-2-5;7-5-3-1-2-4-6(5)8(9)10/h1-8H;1-4,12H,11H2;1-4H. The highest BCUT2D eigenvalue weighted by Crippen LogP contribution is 2.30. The number of nitrogens with zero attached hydrogens (tertiary/aromatic N) is 4. The number of hydrogen-bond acceptors (Lipinski definition) is 6. The Morgan fingerprint density at radius 2 is 1.29 bits per heavy atom. The summed E-state index contributed by atoms with van der Waals surface area (Å²) in [5.41, 5.74) is 1.85. The second kappa shape index (κ2) is 12.9. The molecule has 5 aromatic rings. The van der Waals surface area contributed by atoms with E-state index in [1.807, 2.05) is 0 Å². The van der Waals surface area contributed by atoms with Gasteiger partial charge in [0.05, 0.1) is 21.1 Å². The number of hydrogen-bond donors (Lipinski definition) is 2. The van der Waals surface area contributed by atoms with Gasteiger partial charge < -0.3 is 10.6 Å². The maximum Gasteiger partial charge on any atom is 0.416 e. The van der Waals surface area contributed by atoms with Gasteiger partial charge in [-0.15, -0.1) is 4.85 Å². The van der Waals surface area contributed by atoms with Crippen LogP contribution in [0.1, 0.15) is 11.1 Å². The Kier molecular flexibility index (Phi) is 9.64. The predicted molar refractivity (Wildman–Crippen MR) is 137 cm³/mol. The van der Waals surface area contributed by atoms with Crippen LogP contribution < -0.4 is 16.1 Å². The van der Waals surface area contributed by atoms with E-state index in [4.69, 9.17) is 5.84 Å². The van der Waals surface area contributed by atoms with E-state index in [0.717, 1.165) is 41.2 Å². The monoisotopic (exact) mass is 596 g/mol. The number of nitro groups is 1. The molecule has 0 bridgehead atoms. The molecule has 1 heterocycles. The van der Waals surface area contributed by atoms with E-state index in [2.05, 4.69) is 10.5 Å². The minimum atomic E-state index is -4.40. The van der Waals surface area contributed by atoms with E-state index in [1.54, 1.807) is 24.3 Å². The Bertz CT molecular complexity index is 1640. The van der Waals surface area contributed by atoms with E-state index in [9.17, 15) is 46.1 Å². The molecule has 4 aromatic carbocycles. The number of anilines is 1. The number of alkyl halides is 6. The van der Waals surface area contributed by atoms with E-state index in [0.29, 0.717) is 21.6 Å². The lowest BCUT2D eigenvalue weighted by Gasteiger charge is -2.07. The van der Waals surface area contributed by atoms with Crippen LogP contribution in [0, 0.1) is 21.1 Å². The van der Waals surface area contributed by atoms with Crippen LogP contribution in [-0.2, 0) is 12.4 Å². The normalized spacial score (nSPS) is 11.1. The van der Waals surface area contributed by atoms with Gasteiger partial charge in [-0.05, 0) is 71.5 Å². The summed E-state index contributed by atoms with van der Waals surface area (Å²) in [7, 11) is 0. The van der Waals surface area contributed by atoms with Gasteiger partial charge in [0, 0.05) is 11.8 Å². The fourth-order valence-electron chi connectivity index (χ4n) is 3.26. The van der Waals surface area contributed by atoms with E-state index in [-0.39, 0.29) is 5.69 Å². The lowest BCUT2D eigenvalue weighted by molar-refractivity contribution is -0.664. The first-order valence-electron chi connectivity index (χ1n) is 11.5. The number of para-hydroxylation sites is 2. The van der Waals surface area contributed by atoms with Crippen molar-refractivity contribution in [3.63, 3.8) is 0 Å². The van der Waals surface area contributed by atoms with Crippen molar-refractivity contribution in [3.8, 4) is 5.69 Å². The van der Waals surface area contributed by atoms with Crippen molar-refractivity contribution in [1.29, 1.82) is 0 Å². The van der Waals surface area contributed by atoms with Crippen molar-refractivity contribution in [3.05, 3.63) is 129 Å². The molecule has 0 amide bonds. The number of hydrazine groups is 1. The molecule has 0 radical (unpaired) electrons. The Hall–Kier alpha value is -5.25. The average molecular weight is 596 g/mol. The summed E-state index contributed by atoms with van der Waals surface area (Å²) in [6.07, 6.45) is -8.69. The first-order valence-corrected chi connectivity index (χ1v) is 11.5. The van der Waals surface area contributed by atoms with Crippen LogP contribution in [-0.4, -0.2) is 14.8 Å². The Morgan fingerprint density at radius 1 is 0.786 bits per heavy atom. The molecule has 5 rings (SSSR count). The van der Waals surface area contributed by atoms with Crippen molar-refractivity contribution in [2.45, 2.75) is 12.4 Å². The molecule has 0 aliphatic rings. The number of nitro benzene ring substituents is 1. The molecule has 220 valence electrons. The smallest absolute Gasteiger partial charge is 0.416 e. The number of fused-ring (bicyclic) bond motifs is 1. The third-order valence-corrected chi connectivity index (χ3v) is 5.32. The van der Waals surface area contributed by atoms with Gasteiger partial charge in [-0.1, -0.05) is 24.3 Å². The quantitative estimate of drug-likeness (QED) is 0.0620. The second-order valence-electron chi connectivity index (χ2n) is 8.12. The van der Waals surface area contributed by atoms with Gasteiger partial charge in [0.15, 0.2) is 0 Å². The number of nitrogens with one attached hydrogen (secondary N) is 1. The van der Waals surface area contributed by atoms with Gasteiger partial charge in [0.25, 0.3) is 0 Å². The highest BCUT2D eigenvalue weighted by molar-refractivity contribution is 5.70. The van der Waals surface area contributed by atoms with Gasteiger partial charge in [0.1, 0.15) is 5.69 Å². The number of benzene rings is 4. The van der Waals surface area contributed by atoms with E-state index in [1.165, 1.54) is 36.4 Å². The van der Waals surface area contributed by atoms with Gasteiger partial charge in [-0.2, -0.15) is 30.7 Å². The molecular formula is C26H19F7N6O3. The molecule has 3 N–H and O–H groups in total. The predicted octanol–water partition coefficient (Wildman–Crippen LogP) is 6.40. The Balaban J connectivity index is 0.000000188.